The number of carboxylic acid groups (broad SMARTS) is 1. The highest BCUT2D eigenvalue weighted by molar-refractivity contribution is 7.87. The largest absolute Gasteiger partial charge is 0.504 e. The molecular weight excluding hydrogens is 927 g/mol. The average molecular weight is 990 g/mol. The van der Waals surface area contributed by atoms with Crippen LogP contribution in [0.4, 0.5) is 0 Å². The van der Waals surface area contributed by atoms with Crippen molar-refractivity contribution < 1.29 is 52.1 Å². The van der Waals surface area contributed by atoms with Crippen molar-refractivity contribution in [3.63, 3.8) is 0 Å². The lowest BCUT2D eigenvalue weighted by molar-refractivity contribution is -0.143. The van der Waals surface area contributed by atoms with Gasteiger partial charge >= 0.3 is 5.97 Å². The molecule has 378 valence electrons. The summed E-state index contributed by atoms with van der Waals surface area (Å²) < 4.78 is 38.7. The third-order valence-electron chi connectivity index (χ3n) is 11.4. The standard InChI is InChI=1S/C47H63N11O11S/c1-25-38(34(23-50)55-41(53-25)28-10-12-30(13-11-28)47(3,4)5)43(61)57-35(24-52-70(51,66)67)45(63)58(6)39-29-21-32(40(59)37(22-29)69-18-8-16-49)31-19-27(9-14-36(31)68-17-7-15-48)20-33(46(64)65)56-42(60)26(2)54-44(39)62/h9-14,19,21-22,26,33,35,39,52,59H,7-8,15-18,20,23-24,48-50H2,1-6H3,(H,54,62)(H,56,60)(H,57,61)(H,64,65)(H2,51,66,67)/t26-,33-,35-,39-/m0/s1. The summed E-state index contributed by atoms with van der Waals surface area (Å²) in [5.41, 5.74) is 20.1. The molecule has 14 N–H and O–H groups in total. The van der Waals surface area contributed by atoms with Crippen LogP contribution >= 0.6 is 0 Å². The number of likely N-dealkylation sites (N-methyl/N-ethyl adjacent to an activating group) is 1. The Morgan fingerprint density at radius 3 is 2.14 bits per heavy atom. The van der Waals surface area contributed by atoms with Gasteiger partial charge in [-0.2, -0.15) is 13.1 Å². The third kappa shape index (κ3) is 13.5. The van der Waals surface area contributed by atoms with Crippen molar-refractivity contribution >= 4 is 39.8 Å². The van der Waals surface area contributed by atoms with Gasteiger partial charge in [0.1, 0.15) is 29.9 Å². The molecule has 1 aliphatic heterocycles. The van der Waals surface area contributed by atoms with E-state index in [4.69, 9.17) is 31.8 Å². The van der Waals surface area contributed by atoms with Crippen molar-refractivity contribution in [1.82, 2.24) is 35.5 Å². The van der Waals surface area contributed by atoms with Gasteiger partial charge in [-0.05, 0) is 86.1 Å². The van der Waals surface area contributed by atoms with Gasteiger partial charge in [-0.25, -0.2) is 19.9 Å². The van der Waals surface area contributed by atoms with E-state index >= 15 is 0 Å². The Bertz CT molecular complexity index is 2700. The third-order valence-corrected chi connectivity index (χ3v) is 12.0. The number of nitrogens with two attached hydrogens (primary N) is 4. The second kappa shape index (κ2) is 23.2. The van der Waals surface area contributed by atoms with E-state index in [1.165, 1.54) is 26.1 Å². The molecule has 0 unspecified atom stereocenters. The number of carbonyl (C=O) groups is 5. The van der Waals surface area contributed by atoms with E-state index < -0.39 is 76.3 Å². The first-order valence-corrected chi connectivity index (χ1v) is 24.0. The Kier molecular flexibility index (Phi) is 18.0. The summed E-state index contributed by atoms with van der Waals surface area (Å²) in [5.74, 6) is -5.30. The number of amides is 4. The normalized spacial score (nSPS) is 16.8. The van der Waals surface area contributed by atoms with Gasteiger partial charge in [0.2, 0.25) is 17.7 Å². The number of ether oxygens (including phenoxy) is 2. The number of carbonyl (C=O) groups excluding carboxylic acids is 4. The maximum Gasteiger partial charge on any atom is 0.326 e. The highest BCUT2D eigenvalue weighted by Crippen LogP contribution is 2.45. The van der Waals surface area contributed by atoms with Crippen LogP contribution < -0.4 is 52.5 Å². The van der Waals surface area contributed by atoms with E-state index in [2.05, 4.69) is 46.7 Å². The van der Waals surface area contributed by atoms with Crippen LogP contribution in [0, 0.1) is 6.92 Å². The topological polar surface area (TPSA) is 360 Å². The highest BCUT2D eigenvalue weighted by atomic mass is 32.2. The van der Waals surface area contributed by atoms with Crippen molar-refractivity contribution in [2.45, 2.75) is 90.0 Å². The second-order valence-corrected chi connectivity index (χ2v) is 19.2. The molecule has 0 aliphatic carbocycles. The number of phenolic OH excluding ortho intramolecular Hbond substituents is 1. The molecule has 2 heterocycles. The Morgan fingerprint density at radius 2 is 1.56 bits per heavy atom. The van der Waals surface area contributed by atoms with Gasteiger partial charge in [0.15, 0.2) is 17.3 Å². The minimum absolute atomic E-state index is 0.000515. The number of aliphatic carboxylic acids is 1. The van der Waals surface area contributed by atoms with Gasteiger partial charge in [-0.1, -0.05) is 51.1 Å². The van der Waals surface area contributed by atoms with Crippen LogP contribution in [0.25, 0.3) is 22.5 Å². The molecule has 0 radical (unpaired) electrons. The average Bonchev–Trinajstić information content (AvgIpc) is 3.29. The molecule has 70 heavy (non-hydrogen) atoms. The molecule has 0 saturated carbocycles. The number of benzene rings is 3. The smallest absolute Gasteiger partial charge is 0.326 e. The van der Waals surface area contributed by atoms with Crippen LogP contribution in [0.2, 0.25) is 0 Å². The molecule has 0 saturated heterocycles. The summed E-state index contributed by atoms with van der Waals surface area (Å²) in [6.45, 7) is 8.66. The molecular formula is C47H63N11O11S. The molecule has 4 atom stereocenters. The van der Waals surface area contributed by atoms with Crippen molar-refractivity contribution in [2.24, 2.45) is 22.3 Å². The number of hydrogen-bond donors (Lipinski definition) is 10. The molecule has 0 fully saturated rings. The fourth-order valence-corrected chi connectivity index (χ4v) is 8.04. The fraction of sp³-hybridized carbons (Fsp3) is 0.426. The summed E-state index contributed by atoms with van der Waals surface area (Å²) in [6, 6.07) is 8.58. The van der Waals surface area contributed by atoms with E-state index in [1.54, 1.807) is 25.1 Å². The zero-order valence-corrected chi connectivity index (χ0v) is 40.8. The van der Waals surface area contributed by atoms with Crippen LogP contribution in [-0.4, -0.2) is 121 Å². The Hall–Kier alpha value is -6.76. The molecule has 4 aromatic rings. The van der Waals surface area contributed by atoms with Crippen LogP contribution in [0.3, 0.4) is 0 Å². The lowest BCUT2D eigenvalue weighted by atomic mass is 9.86. The molecule has 1 aromatic heterocycles. The number of rotatable bonds is 18. The predicted molar refractivity (Wildman–Crippen MR) is 259 cm³/mol. The number of aryl methyl sites for hydroxylation is 1. The second-order valence-electron chi connectivity index (χ2n) is 17.8. The lowest BCUT2D eigenvalue weighted by Crippen LogP contribution is -2.57. The SMILES string of the molecule is Cc1nc(-c2ccc(C(C)(C)C)cc2)nc(CN)c1C(=O)N[C@@H](CNS(N)(=O)=O)C(=O)N(C)[C@@H]1C(=O)N[C@@H](C)C(=O)N[C@H](C(=O)O)Cc2ccc(OCCCN)c(c2)-c2cc1cc(OCCCN)c2O. The molecule has 3 aromatic carbocycles. The summed E-state index contributed by atoms with van der Waals surface area (Å²) in [7, 11) is -3.30. The lowest BCUT2D eigenvalue weighted by Gasteiger charge is -2.33. The first-order chi connectivity index (χ1) is 33.0. The fourth-order valence-electron chi connectivity index (χ4n) is 7.64. The summed E-state index contributed by atoms with van der Waals surface area (Å²) in [6.07, 6.45) is 0.567. The quantitative estimate of drug-likeness (QED) is 0.0615. The maximum absolute atomic E-state index is 14.9. The van der Waals surface area contributed by atoms with Gasteiger partial charge < -0.3 is 57.7 Å². The van der Waals surface area contributed by atoms with Gasteiger partial charge in [0.25, 0.3) is 16.1 Å². The van der Waals surface area contributed by atoms with Crippen molar-refractivity contribution in [1.29, 1.82) is 0 Å². The minimum Gasteiger partial charge on any atom is -0.504 e. The van der Waals surface area contributed by atoms with Crippen molar-refractivity contribution in [3.8, 4) is 39.8 Å². The summed E-state index contributed by atoms with van der Waals surface area (Å²) in [4.78, 5) is 80.1. The van der Waals surface area contributed by atoms with E-state index in [0.717, 1.165) is 10.5 Å². The molecule has 0 spiro atoms. The van der Waals surface area contributed by atoms with Crippen LogP contribution in [0.15, 0.2) is 54.6 Å². The van der Waals surface area contributed by atoms with Gasteiger partial charge in [0, 0.05) is 43.2 Å². The van der Waals surface area contributed by atoms with E-state index in [0.29, 0.717) is 24.0 Å². The molecule has 4 bridgehead atoms. The van der Waals surface area contributed by atoms with Crippen molar-refractivity contribution in [2.75, 3.05) is 39.9 Å². The molecule has 4 amide bonds. The number of nitrogens with zero attached hydrogens (tertiary/aromatic N) is 3. The number of fused-ring (bicyclic) bond motifs is 5. The monoisotopic (exact) mass is 989 g/mol. The first-order valence-electron chi connectivity index (χ1n) is 22.5. The number of phenols is 1. The molecule has 23 heteroatoms. The summed E-state index contributed by atoms with van der Waals surface area (Å²) >= 11 is 0. The minimum atomic E-state index is -4.50. The van der Waals surface area contributed by atoms with Crippen LogP contribution in [0.5, 0.6) is 17.2 Å². The summed E-state index contributed by atoms with van der Waals surface area (Å²) in [5, 5.41) is 34.9. The zero-order chi connectivity index (χ0) is 51.7. The van der Waals surface area contributed by atoms with Gasteiger partial charge in [-0.3, -0.25) is 19.2 Å². The highest BCUT2D eigenvalue weighted by Gasteiger charge is 2.38. The first kappa shape index (κ1) is 54.2. The number of aromatic nitrogens is 2. The van der Waals surface area contributed by atoms with Gasteiger partial charge in [0.05, 0.1) is 30.2 Å². The van der Waals surface area contributed by atoms with Crippen molar-refractivity contribution in [3.05, 3.63) is 88.2 Å². The number of nitrogens with one attached hydrogen (secondary N) is 4. The Labute approximate surface area is 406 Å². The Balaban J connectivity index is 1.66. The predicted octanol–water partition coefficient (Wildman–Crippen LogP) is 0.757. The number of carboxylic acids is 1. The van der Waals surface area contributed by atoms with E-state index in [-0.39, 0.29) is 95.6 Å². The van der Waals surface area contributed by atoms with Crippen LogP contribution in [-0.2, 0) is 47.8 Å². The zero-order valence-electron chi connectivity index (χ0n) is 40.0. The van der Waals surface area contributed by atoms with E-state index in [9.17, 15) is 42.6 Å². The van der Waals surface area contributed by atoms with E-state index in [1.807, 2.05) is 29.0 Å². The Morgan fingerprint density at radius 1 is 0.914 bits per heavy atom. The van der Waals surface area contributed by atoms with Crippen LogP contribution in [0.1, 0.15) is 85.0 Å². The van der Waals surface area contributed by atoms with Gasteiger partial charge in [-0.15, -0.1) is 0 Å². The molecule has 22 nitrogen and oxygen atoms in total. The number of aromatic hydroxyl groups is 1. The maximum atomic E-state index is 14.9. The number of hydrogen-bond acceptors (Lipinski definition) is 15. The molecule has 1 aliphatic rings. The molecule has 5 rings (SSSR count).